The van der Waals surface area contributed by atoms with E-state index < -0.39 is 48.3 Å². The molecule has 1 aliphatic heterocycles. The van der Waals surface area contributed by atoms with E-state index in [1.165, 1.54) is 0 Å². The van der Waals surface area contributed by atoms with Crippen LogP contribution in [0.5, 0.6) is 0 Å². The van der Waals surface area contributed by atoms with Gasteiger partial charge in [0.15, 0.2) is 0 Å². The van der Waals surface area contributed by atoms with Crippen LogP contribution in [0.2, 0.25) is 0 Å². The largest absolute Gasteiger partial charge is 0.494 e. The van der Waals surface area contributed by atoms with Crippen LogP contribution in [0.1, 0.15) is 105 Å². The van der Waals surface area contributed by atoms with Crippen molar-refractivity contribution >= 4 is 12.6 Å². The topological polar surface area (TPSA) is 18.5 Å². The lowest BCUT2D eigenvalue weighted by atomic mass is 9.56. The molecule has 1 saturated heterocycles. The third-order valence-electron chi connectivity index (χ3n) is 8.72. The van der Waals surface area contributed by atoms with Crippen LogP contribution in [0.4, 0.5) is 0 Å². The van der Waals surface area contributed by atoms with Crippen LogP contribution in [0, 0.1) is 5.41 Å². The van der Waals surface area contributed by atoms with E-state index in [-0.39, 0.29) is 12.8 Å². The fourth-order valence-corrected chi connectivity index (χ4v) is 5.88. The van der Waals surface area contributed by atoms with Gasteiger partial charge in [-0.3, -0.25) is 0 Å². The van der Waals surface area contributed by atoms with Gasteiger partial charge in [-0.1, -0.05) is 61.7 Å². The Kier molecular flexibility index (Phi) is 3.34. The minimum atomic E-state index is -1.89. The molecule has 3 heteroatoms. The highest BCUT2D eigenvalue weighted by Gasteiger charge is 2.53. The third kappa shape index (κ3) is 2.93. The first-order valence-corrected chi connectivity index (χ1v) is 12.1. The average Bonchev–Trinajstić information content (AvgIpc) is 3.22. The molecule has 2 spiro atoms. The monoisotopic (exact) mass is 434 g/mol. The first-order chi connectivity index (χ1) is 17.5. The van der Waals surface area contributed by atoms with Gasteiger partial charge in [-0.2, -0.15) is 0 Å². The minimum absolute atomic E-state index is 0.212. The summed E-state index contributed by atoms with van der Waals surface area (Å²) in [5.74, 6) is 0. The van der Waals surface area contributed by atoms with Crippen molar-refractivity contribution in [2.24, 2.45) is 5.41 Å². The summed E-state index contributed by atoms with van der Waals surface area (Å²) >= 11 is 0. The van der Waals surface area contributed by atoms with Crippen LogP contribution in [0.15, 0.2) is 42.5 Å². The predicted octanol–water partition coefficient (Wildman–Crippen LogP) is 6.78. The normalized spacial score (nSPS) is 33.8. The smallest absolute Gasteiger partial charge is 0.399 e. The maximum atomic E-state index is 9.63. The Morgan fingerprint density at radius 2 is 1.41 bits per heavy atom. The molecule has 32 heavy (non-hydrogen) atoms. The minimum Gasteiger partial charge on any atom is -0.399 e. The summed E-state index contributed by atoms with van der Waals surface area (Å²) in [4.78, 5) is 0. The van der Waals surface area contributed by atoms with Crippen molar-refractivity contribution < 1.29 is 17.5 Å². The molecule has 4 aliphatic rings. The van der Waals surface area contributed by atoms with Crippen LogP contribution in [0.3, 0.4) is 0 Å². The summed E-state index contributed by atoms with van der Waals surface area (Å²) in [7, 11) is -0.627. The number of fused-ring (bicyclic) bond motifs is 5. The van der Waals surface area contributed by atoms with Crippen molar-refractivity contribution in [2.75, 3.05) is 0 Å². The highest BCUT2D eigenvalue weighted by Crippen LogP contribution is 2.60. The fraction of sp³-hybridized carbons (Fsp3) is 0.586. The first-order valence-electron chi connectivity index (χ1n) is 15.1. The summed E-state index contributed by atoms with van der Waals surface area (Å²) in [6.07, 6.45) is -2.90. The molecule has 0 amide bonds. The Bertz CT molecular complexity index is 1260. The van der Waals surface area contributed by atoms with E-state index in [1.807, 2.05) is 70.2 Å². The molecule has 2 aromatic rings. The molecule has 0 atom stereocenters. The van der Waals surface area contributed by atoms with E-state index in [2.05, 4.69) is 0 Å². The Morgan fingerprint density at radius 1 is 0.781 bits per heavy atom. The highest BCUT2D eigenvalue weighted by atomic mass is 16.7. The summed E-state index contributed by atoms with van der Waals surface area (Å²) in [5, 5.41) is 0. The van der Waals surface area contributed by atoms with E-state index in [4.69, 9.17) is 12.1 Å². The molecule has 3 aliphatic carbocycles. The second kappa shape index (κ2) is 6.96. The Morgan fingerprint density at radius 3 is 2.09 bits per heavy atom. The highest BCUT2D eigenvalue weighted by molar-refractivity contribution is 6.62. The maximum Gasteiger partial charge on any atom is 0.494 e. The molecule has 2 nitrogen and oxygen atoms in total. The van der Waals surface area contributed by atoms with Gasteiger partial charge < -0.3 is 9.31 Å². The van der Waals surface area contributed by atoms with Gasteiger partial charge in [0.1, 0.15) is 0 Å². The van der Waals surface area contributed by atoms with Gasteiger partial charge in [-0.15, -0.1) is 0 Å². The molecule has 0 radical (unpaired) electrons. The van der Waals surface area contributed by atoms with Crippen molar-refractivity contribution in [2.45, 2.75) is 102 Å². The average molecular weight is 434 g/mol. The molecular weight excluding hydrogens is 391 g/mol. The zero-order valence-electron chi connectivity index (χ0n) is 25.7. The van der Waals surface area contributed by atoms with Crippen LogP contribution >= 0.6 is 0 Å². The van der Waals surface area contributed by atoms with Crippen LogP contribution in [0.25, 0.3) is 11.1 Å². The molecule has 0 unspecified atom stereocenters. The Balaban J connectivity index is 1.51. The van der Waals surface area contributed by atoms with Crippen molar-refractivity contribution in [3.63, 3.8) is 0 Å². The molecule has 3 fully saturated rings. The van der Waals surface area contributed by atoms with Crippen LogP contribution in [-0.4, -0.2) is 18.3 Å². The van der Waals surface area contributed by atoms with Crippen molar-refractivity contribution in [3.05, 3.63) is 53.6 Å². The van der Waals surface area contributed by atoms with E-state index in [0.717, 1.165) is 16.6 Å². The zero-order chi connectivity index (χ0) is 27.6. The number of benzene rings is 2. The Labute approximate surface area is 202 Å². The van der Waals surface area contributed by atoms with Gasteiger partial charge in [0.2, 0.25) is 0 Å². The number of hydrogen-bond donors (Lipinski definition) is 0. The molecule has 6 rings (SSSR count). The molecule has 0 N–H and O–H groups in total. The number of hydrogen-bond acceptors (Lipinski definition) is 2. The molecule has 0 aromatic heterocycles. The second-order valence-electron chi connectivity index (χ2n) is 11.1. The predicted molar refractivity (Wildman–Crippen MR) is 132 cm³/mol. The van der Waals surface area contributed by atoms with Gasteiger partial charge in [-0.05, 0) is 99.3 Å². The lowest BCUT2D eigenvalue weighted by Gasteiger charge is -2.48. The first kappa shape index (κ1) is 15.4. The summed E-state index contributed by atoms with van der Waals surface area (Å²) in [5.41, 5.74) is 0.799. The maximum absolute atomic E-state index is 9.63. The summed E-state index contributed by atoms with van der Waals surface area (Å²) in [6.45, 7) is 8.01. The van der Waals surface area contributed by atoms with Crippen LogP contribution in [-0.2, 0) is 14.7 Å². The van der Waals surface area contributed by atoms with Gasteiger partial charge in [0, 0.05) is 13.6 Å². The standard InChI is InChI=1S/C29H37BO2/c1-26(2)27(3,4)32-30(31-26)21-12-13-23-22-10-6-7-11-24(22)29(25(23)20-21)18-16-28(17-19-29)14-8-5-9-15-28/h6-7,10-13,20H,5,8-9,14-19H2,1-4H3/i5D2,18D2,19D2. The van der Waals surface area contributed by atoms with Crippen molar-refractivity contribution in [1.29, 1.82) is 0 Å². The van der Waals surface area contributed by atoms with Crippen molar-refractivity contribution in [3.8, 4) is 11.1 Å². The van der Waals surface area contributed by atoms with Gasteiger partial charge in [0.25, 0.3) is 0 Å². The summed E-state index contributed by atoms with van der Waals surface area (Å²) < 4.78 is 67.6. The van der Waals surface area contributed by atoms with Gasteiger partial charge in [-0.25, -0.2) is 0 Å². The molecule has 2 aromatic carbocycles. The van der Waals surface area contributed by atoms with Gasteiger partial charge >= 0.3 is 7.12 Å². The molecule has 1 heterocycles. The van der Waals surface area contributed by atoms with Gasteiger partial charge in [0.05, 0.1) is 11.2 Å². The fourth-order valence-electron chi connectivity index (χ4n) is 5.88. The Hall–Kier alpha value is -1.58. The molecule has 0 bridgehead atoms. The molecular formula is C29H37BO2. The number of rotatable bonds is 1. The third-order valence-corrected chi connectivity index (χ3v) is 8.72. The molecule has 2 saturated carbocycles. The molecule has 168 valence electrons. The van der Waals surface area contributed by atoms with E-state index in [1.54, 1.807) is 0 Å². The lowest BCUT2D eigenvalue weighted by molar-refractivity contribution is 0.00578. The lowest BCUT2D eigenvalue weighted by Crippen LogP contribution is -2.41. The summed E-state index contributed by atoms with van der Waals surface area (Å²) in [6, 6.07) is 13.6. The van der Waals surface area contributed by atoms with E-state index >= 15 is 0 Å². The van der Waals surface area contributed by atoms with Crippen LogP contribution < -0.4 is 5.46 Å². The van der Waals surface area contributed by atoms with E-state index in [9.17, 15) is 5.48 Å². The van der Waals surface area contributed by atoms with Crippen molar-refractivity contribution in [1.82, 2.24) is 0 Å². The zero-order valence-corrected chi connectivity index (χ0v) is 19.7. The SMILES string of the molecule is [2H]C1([2H])CCC2(CC1)CC([2H])([2H])C1(c3ccccc3-c3ccc(B4OC(C)(C)C(C)(C)O4)cc31)C([2H])([2H])C2. The van der Waals surface area contributed by atoms with E-state index in [0.29, 0.717) is 36.8 Å². The second-order valence-corrected chi connectivity index (χ2v) is 11.1. The quantitative estimate of drug-likeness (QED) is 0.461.